The van der Waals surface area contributed by atoms with Crippen LogP contribution in [0.25, 0.3) is 0 Å². The molecule has 0 radical (unpaired) electrons. The summed E-state index contributed by atoms with van der Waals surface area (Å²) in [5, 5.41) is 0. The first-order valence-electron chi connectivity index (χ1n) is 8.58. The lowest BCUT2D eigenvalue weighted by atomic mass is 10.1. The van der Waals surface area contributed by atoms with Crippen LogP contribution >= 0.6 is 0 Å². The maximum Gasteiger partial charge on any atom is 0.340 e. The topological polar surface area (TPSA) is 98.0 Å². The van der Waals surface area contributed by atoms with Gasteiger partial charge in [-0.1, -0.05) is 0 Å². The predicted octanol–water partition coefficient (Wildman–Crippen LogP) is 1.35. The smallest absolute Gasteiger partial charge is 0.340 e. The molecule has 0 N–H and O–H groups in total. The molecule has 0 fully saturated rings. The van der Waals surface area contributed by atoms with Crippen LogP contribution in [0.1, 0.15) is 28.7 Å². The Hall–Kier alpha value is -2.68. The molecule has 0 unspecified atom stereocenters. The molecule has 0 atom stereocenters. The van der Waals surface area contributed by atoms with Crippen molar-refractivity contribution in [3.05, 3.63) is 46.9 Å². The molecule has 0 aliphatic carbocycles. The van der Waals surface area contributed by atoms with Crippen LogP contribution in [0.4, 0.5) is 0 Å². The number of nitrogens with zero attached hydrogens (tertiary/aromatic N) is 3. The van der Waals surface area contributed by atoms with E-state index in [4.69, 9.17) is 4.74 Å². The van der Waals surface area contributed by atoms with Gasteiger partial charge >= 0.3 is 5.97 Å². The molecule has 0 amide bonds. The van der Waals surface area contributed by atoms with Crippen LogP contribution in [0.15, 0.2) is 34.4 Å². The van der Waals surface area contributed by atoms with Gasteiger partial charge in [0.1, 0.15) is 5.84 Å². The molecule has 2 aliphatic heterocycles. The second-order valence-corrected chi connectivity index (χ2v) is 8.13. The average molecular weight is 391 g/mol. The molecule has 1 aromatic heterocycles. The first-order chi connectivity index (χ1) is 12.7. The number of ether oxygens (including phenoxy) is 1. The summed E-state index contributed by atoms with van der Waals surface area (Å²) < 4.78 is 33.8. The van der Waals surface area contributed by atoms with E-state index in [2.05, 4.69) is 4.40 Å². The monoisotopic (exact) mass is 391 g/mol. The normalized spacial score (nSPS) is 17.8. The number of rotatable bonds is 5. The van der Waals surface area contributed by atoms with Gasteiger partial charge in [-0.2, -0.15) is 0 Å². The quantitative estimate of drug-likeness (QED) is 0.555. The highest BCUT2D eigenvalue weighted by Gasteiger charge is 2.26. The van der Waals surface area contributed by atoms with Crippen molar-refractivity contribution in [3.8, 4) is 0 Å². The zero-order valence-electron chi connectivity index (χ0n) is 15.4. The minimum absolute atomic E-state index is 0.116. The van der Waals surface area contributed by atoms with Gasteiger partial charge in [0.15, 0.2) is 6.61 Å². The molecular weight excluding hydrogens is 370 g/mol. The maximum atomic E-state index is 12.4. The highest BCUT2D eigenvalue weighted by Crippen LogP contribution is 2.18. The molecule has 9 heteroatoms. The Morgan fingerprint density at radius 3 is 2.67 bits per heavy atom. The highest BCUT2D eigenvalue weighted by atomic mass is 32.2. The molecule has 8 nitrogen and oxygen atoms in total. The predicted molar refractivity (Wildman–Crippen MR) is 100 cm³/mol. The van der Waals surface area contributed by atoms with Gasteiger partial charge in [0, 0.05) is 36.2 Å². The third-order valence-electron chi connectivity index (χ3n) is 4.58. The van der Waals surface area contributed by atoms with Crippen LogP contribution in [0.3, 0.4) is 0 Å². The van der Waals surface area contributed by atoms with Crippen molar-refractivity contribution in [1.29, 1.82) is 0 Å². The number of sulfonamides is 1. The molecule has 0 aromatic carbocycles. The lowest BCUT2D eigenvalue weighted by Crippen LogP contribution is -2.37. The number of esters is 1. The van der Waals surface area contributed by atoms with E-state index in [-0.39, 0.29) is 36.1 Å². The van der Waals surface area contributed by atoms with E-state index in [1.165, 1.54) is 18.4 Å². The summed E-state index contributed by atoms with van der Waals surface area (Å²) in [4.78, 5) is 26.3. The Morgan fingerprint density at radius 2 is 2.00 bits per heavy atom. The first kappa shape index (κ1) is 19.1. The van der Waals surface area contributed by atoms with Crippen molar-refractivity contribution < 1.29 is 22.7 Å². The van der Waals surface area contributed by atoms with E-state index in [0.29, 0.717) is 5.56 Å². The number of fused-ring (bicyclic) bond motifs is 1. The van der Waals surface area contributed by atoms with E-state index in [1.807, 2.05) is 25.3 Å². The van der Waals surface area contributed by atoms with Gasteiger partial charge in [-0.05, 0) is 39.0 Å². The van der Waals surface area contributed by atoms with Gasteiger partial charge in [0.05, 0.1) is 11.3 Å². The van der Waals surface area contributed by atoms with E-state index < -0.39 is 16.0 Å². The molecule has 0 saturated carbocycles. The second-order valence-electron chi connectivity index (χ2n) is 6.38. The largest absolute Gasteiger partial charge is 0.454 e. The summed E-state index contributed by atoms with van der Waals surface area (Å²) in [6, 6.07) is 1.80. The molecule has 3 rings (SSSR count). The Balaban J connectivity index is 1.66. The second kappa shape index (κ2) is 7.15. The molecule has 144 valence electrons. The lowest BCUT2D eigenvalue weighted by Gasteiger charge is -2.26. The zero-order valence-corrected chi connectivity index (χ0v) is 16.2. The third kappa shape index (κ3) is 3.87. The fourth-order valence-electron chi connectivity index (χ4n) is 3.18. The Labute approximate surface area is 157 Å². The number of carbonyl (C=O) groups excluding carboxylic acids is 2. The van der Waals surface area contributed by atoms with Crippen molar-refractivity contribution in [1.82, 2.24) is 9.47 Å². The van der Waals surface area contributed by atoms with E-state index in [1.54, 1.807) is 11.0 Å². The standard InChI is InChI=1S/C18H21N3O5S/c1-4-21-12(2)9-15(13(21)3)16(22)11-26-18(23)14-5-6-17-19-27(24,25)8-7-20(17)10-14/h5-6,9-10H,4,7-8,11H2,1-3H3. The number of hydrogen-bond donors (Lipinski definition) is 0. The fraction of sp³-hybridized carbons (Fsp3) is 0.389. The molecule has 1 aromatic rings. The van der Waals surface area contributed by atoms with Crippen LogP contribution in [-0.2, 0) is 26.1 Å². The SMILES string of the molecule is CCn1c(C)cc(C(=O)COC(=O)C2=CN3CCS(=O)(=O)N=C3C=C2)c1C. The Bertz CT molecular complexity index is 998. The van der Waals surface area contributed by atoms with Gasteiger partial charge in [-0.15, -0.1) is 4.40 Å². The third-order valence-corrected chi connectivity index (χ3v) is 5.75. The summed E-state index contributed by atoms with van der Waals surface area (Å²) in [6.07, 6.45) is 4.37. The van der Waals surface area contributed by atoms with Crippen molar-refractivity contribution in [3.63, 3.8) is 0 Å². The van der Waals surface area contributed by atoms with Crippen molar-refractivity contribution >= 4 is 27.6 Å². The molecule has 27 heavy (non-hydrogen) atoms. The van der Waals surface area contributed by atoms with Gasteiger partial charge < -0.3 is 14.2 Å². The van der Waals surface area contributed by atoms with Crippen LogP contribution in [0.2, 0.25) is 0 Å². The van der Waals surface area contributed by atoms with Gasteiger partial charge in [-0.25, -0.2) is 13.2 Å². The van der Waals surface area contributed by atoms with Gasteiger partial charge in [0.25, 0.3) is 10.0 Å². The lowest BCUT2D eigenvalue weighted by molar-refractivity contribution is -0.137. The van der Waals surface area contributed by atoms with E-state index in [9.17, 15) is 18.0 Å². The number of ketones is 1. The Kier molecular flexibility index (Phi) is 5.05. The summed E-state index contributed by atoms with van der Waals surface area (Å²) in [5.74, 6) is -0.755. The van der Waals surface area contributed by atoms with Crippen LogP contribution in [-0.4, -0.2) is 54.4 Å². The van der Waals surface area contributed by atoms with E-state index in [0.717, 1.165) is 17.9 Å². The summed E-state index contributed by atoms with van der Waals surface area (Å²) in [6.45, 7) is 6.41. The molecule has 0 saturated heterocycles. The number of hydrogen-bond acceptors (Lipinski definition) is 6. The van der Waals surface area contributed by atoms with Crippen molar-refractivity contribution in [2.24, 2.45) is 4.40 Å². The minimum atomic E-state index is -3.45. The molecule has 2 aliphatic rings. The number of aryl methyl sites for hydroxylation is 1. The Morgan fingerprint density at radius 1 is 1.26 bits per heavy atom. The van der Waals surface area contributed by atoms with Gasteiger partial charge in [-0.3, -0.25) is 4.79 Å². The maximum absolute atomic E-state index is 12.4. The molecule has 0 spiro atoms. The molecular formula is C18H21N3O5S. The van der Waals surface area contributed by atoms with Gasteiger partial charge in [0.2, 0.25) is 5.78 Å². The van der Waals surface area contributed by atoms with E-state index >= 15 is 0 Å². The average Bonchev–Trinajstić information content (AvgIpc) is 2.92. The minimum Gasteiger partial charge on any atom is -0.454 e. The number of amidine groups is 1. The fourth-order valence-corrected chi connectivity index (χ4v) is 4.15. The summed E-state index contributed by atoms with van der Waals surface area (Å²) in [7, 11) is -3.45. The van der Waals surface area contributed by atoms with Crippen LogP contribution in [0, 0.1) is 13.8 Å². The van der Waals surface area contributed by atoms with Crippen LogP contribution < -0.4 is 0 Å². The van der Waals surface area contributed by atoms with Crippen molar-refractivity contribution in [2.45, 2.75) is 27.3 Å². The number of aromatic nitrogens is 1. The highest BCUT2D eigenvalue weighted by molar-refractivity contribution is 7.90. The number of Topliss-reactive ketones (excluding diaryl/α,β-unsaturated/α-hetero) is 1. The van der Waals surface area contributed by atoms with Crippen LogP contribution in [0.5, 0.6) is 0 Å². The first-order valence-corrected chi connectivity index (χ1v) is 10.2. The molecule has 3 heterocycles. The zero-order chi connectivity index (χ0) is 19.8. The van der Waals surface area contributed by atoms with Crippen molar-refractivity contribution in [2.75, 3.05) is 18.9 Å². The number of carbonyl (C=O) groups is 2. The summed E-state index contributed by atoms with van der Waals surface area (Å²) >= 11 is 0. The summed E-state index contributed by atoms with van der Waals surface area (Å²) in [5.41, 5.74) is 2.61. The molecule has 0 bridgehead atoms.